The number of aromatic nitrogens is 2. The molecule has 1 aromatic heterocycles. The van der Waals surface area contributed by atoms with Gasteiger partial charge in [-0.1, -0.05) is 23.7 Å². The first kappa shape index (κ1) is 12.3. The zero-order valence-electron chi connectivity index (χ0n) is 9.38. The van der Waals surface area contributed by atoms with Gasteiger partial charge in [-0.2, -0.15) is 0 Å². The van der Waals surface area contributed by atoms with Gasteiger partial charge >= 0.3 is 0 Å². The van der Waals surface area contributed by atoms with Crippen molar-refractivity contribution in [3.8, 4) is 0 Å². The van der Waals surface area contributed by atoms with E-state index in [0.29, 0.717) is 10.9 Å². The second kappa shape index (κ2) is 4.23. The summed E-state index contributed by atoms with van der Waals surface area (Å²) in [6.45, 7) is 3.17. The van der Waals surface area contributed by atoms with Gasteiger partial charge in [-0.3, -0.25) is 0 Å². The quantitative estimate of drug-likeness (QED) is 0.621. The van der Waals surface area contributed by atoms with Crippen LogP contribution in [0.1, 0.15) is 13.8 Å². The molecule has 1 aromatic carbocycles. The number of para-hydroxylation sites is 1. The molecule has 0 unspecified atom stereocenters. The molecule has 0 aliphatic carbocycles. The summed E-state index contributed by atoms with van der Waals surface area (Å²) in [6, 6.07) is 7.04. The molecule has 0 atom stereocenters. The summed E-state index contributed by atoms with van der Waals surface area (Å²) in [5, 5.41) is 0.0302. The molecule has 0 spiro atoms. The van der Waals surface area contributed by atoms with E-state index in [4.69, 9.17) is 11.6 Å². The molecule has 0 bridgehead atoms. The van der Waals surface area contributed by atoms with Gasteiger partial charge in [-0.15, -0.1) is 0 Å². The van der Waals surface area contributed by atoms with Crippen LogP contribution in [0.3, 0.4) is 0 Å². The maximum atomic E-state index is 11.9. The standard InChI is InChI=1S/C11H11ClN2O2S/c1-7(2)17(15,16)11-13-9-6-4-3-5-8(9)10(12)14-11/h3-7H,1-2H3. The van der Waals surface area contributed by atoms with E-state index in [0.717, 1.165) is 0 Å². The molecule has 2 aromatic rings. The lowest BCUT2D eigenvalue weighted by atomic mass is 10.2. The molecule has 90 valence electrons. The Morgan fingerprint density at radius 2 is 1.82 bits per heavy atom. The summed E-state index contributed by atoms with van der Waals surface area (Å²) in [5.74, 6) is 0. The highest BCUT2D eigenvalue weighted by atomic mass is 35.5. The first-order valence-electron chi connectivity index (χ1n) is 5.09. The Morgan fingerprint density at radius 3 is 2.47 bits per heavy atom. The molecule has 0 fully saturated rings. The van der Waals surface area contributed by atoms with Crippen molar-refractivity contribution in [2.24, 2.45) is 0 Å². The fourth-order valence-corrected chi connectivity index (χ4v) is 2.51. The molecule has 4 nitrogen and oxygen atoms in total. The van der Waals surface area contributed by atoms with Crippen molar-refractivity contribution < 1.29 is 8.42 Å². The molecule has 0 saturated heterocycles. The fourth-order valence-electron chi connectivity index (χ4n) is 1.36. The van der Waals surface area contributed by atoms with Crippen LogP contribution >= 0.6 is 11.6 Å². The summed E-state index contributed by atoms with van der Waals surface area (Å²) in [4.78, 5) is 7.91. The van der Waals surface area contributed by atoms with Crippen molar-refractivity contribution in [2.75, 3.05) is 0 Å². The zero-order chi connectivity index (χ0) is 12.6. The van der Waals surface area contributed by atoms with Crippen LogP contribution in [0.25, 0.3) is 10.9 Å². The molecular weight excluding hydrogens is 260 g/mol. The lowest BCUT2D eigenvalue weighted by Crippen LogP contribution is -2.17. The fraction of sp³-hybridized carbons (Fsp3) is 0.273. The molecule has 0 N–H and O–H groups in total. The highest BCUT2D eigenvalue weighted by Gasteiger charge is 2.23. The predicted molar refractivity (Wildman–Crippen MR) is 66.9 cm³/mol. The smallest absolute Gasteiger partial charge is 0.220 e. The highest BCUT2D eigenvalue weighted by molar-refractivity contribution is 7.91. The number of nitrogens with zero attached hydrogens (tertiary/aromatic N) is 2. The minimum atomic E-state index is -3.50. The number of halogens is 1. The highest BCUT2D eigenvalue weighted by Crippen LogP contribution is 2.22. The minimum absolute atomic E-state index is 0.162. The first-order valence-corrected chi connectivity index (χ1v) is 7.01. The molecule has 0 aliphatic rings. The van der Waals surface area contributed by atoms with Crippen LogP contribution in [0.5, 0.6) is 0 Å². The van der Waals surface area contributed by atoms with Crippen molar-refractivity contribution >= 4 is 32.3 Å². The van der Waals surface area contributed by atoms with Crippen molar-refractivity contribution in [3.63, 3.8) is 0 Å². The van der Waals surface area contributed by atoms with Crippen LogP contribution in [-0.2, 0) is 9.84 Å². The van der Waals surface area contributed by atoms with Crippen molar-refractivity contribution in [3.05, 3.63) is 29.4 Å². The van der Waals surface area contributed by atoms with Gasteiger partial charge in [0.05, 0.1) is 10.8 Å². The lowest BCUT2D eigenvalue weighted by Gasteiger charge is -2.07. The SMILES string of the molecule is CC(C)S(=O)(=O)c1nc(Cl)c2ccccc2n1. The molecular formula is C11H11ClN2O2S. The topological polar surface area (TPSA) is 59.9 Å². The Labute approximate surface area is 105 Å². The summed E-state index contributed by atoms with van der Waals surface area (Å²) in [6.07, 6.45) is 0. The van der Waals surface area contributed by atoms with Gasteiger partial charge in [0.25, 0.3) is 0 Å². The third kappa shape index (κ3) is 2.12. The van der Waals surface area contributed by atoms with Crippen molar-refractivity contribution in [1.82, 2.24) is 9.97 Å². The Balaban J connectivity index is 2.75. The number of hydrogen-bond donors (Lipinski definition) is 0. The van der Waals surface area contributed by atoms with Crippen LogP contribution in [0.15, 0.2) is 29.4 Å². The molecule has 2 rings (SSSR count). The lowest BCUT2D eigenvalue weighted by molar-refractivity contribution is 0.579. The summed E-state index contributed by atoms with van der Waals surface area (Å²) in [5.41, 5.74) is 0.534. The molecule has 0 saturated carbocycles. The van der Waals surface area contributed by atoms with Crippen LogP contribution in [0.4, 0.5) is 0 Å². The second-order valence-electron chi connectivity index (χ2n) is 3.91. The summed E-state index contributed by atoms with van der Waals surface area (Å²) in [7, 11) is -3.50. The molecule has 6 heteroatoms. The molecule has 0 radical (unpaired) electrons. The first-order chi connectivity index (χ1) is 7.93. The Hall–Kier alpha value is -1.20. The van der Waals surface area contributed by atoms with Gasteiger partial charge in [-0.05, 0) is 26.0 Å². The van der Waals surface area contributed by atoms with Crippen molar-refractivity contribution in [1.29, 1.82) is 0 Å². The Morgan fingerprint density at radius 1 is 1.18 bits per heavy atom. The number of rotatable bonds is 2. The van der Waals surface area contributed by atoms with Gasteiger partial charge in [0.2, 0.25) is 15.0 Å². The molecule has 0 aliphatic heterocycles. The van der Waals surface area contributed by atoms with E-state index >= 15 is 0 Å². The normalized spacial score (nSPS) is 12.2. The second-order valence-corrected chi connectivity index (χ2v) is 6.66. The number of hydrogen-bond acceptors (Lipinski definition) is 4. The Kier molecular flexibility index (Phi) is 3.05. The number of fused-ring (bicyclic) bond motifs is 1. The van der Waals surface area contributed by atoms with Gasteiger partial charge < -0.3 is 0 Å². The average Bonchev–Trinajstić information content (AvgIpc) is 2.28. The van der Waals surface area contributed by atoms with E-state index in [9.17, 15) is 8.42 Å². The van der Waals surface area contributed by atoms with Gasteiger partial charge in [0, 0.05) is 5.39 Å². The van der Waals surface area contributed by atoms with Crippen LogP contribution in [0.2, 0.25) is 5.15 Å². The average molecular weight is 271 g/mol. The van der Waals surface area contributed by atoms with Gasteiger partial charge in [-0.25, -0.2) is 18.4 Å². The van der Waals surface area contributed by atoms with E-state index in [1.54, 1.807) is 38.1 Å². The van der Waals surface area contributed by atoms with Gasteiger partial charge in [0.1, 0.15) is 5.15 Å². The van der Waals surface area contributed by atoms with Crippen molar-refractivity contribution in [2.45, 2.75) is 24.3 Å². The number of sulfone groups is 1. The largest absolute Gasteiger partial charge is 0.249 e. The maximum absolute atomic E-state index is 11.9. The monoisotopic (exact) mass is 270 g/mol. The van der Waals surface area contributed by atoms with E-state index in [1.807, 2.05) is 0 Å². The predicted octanol–water partition coefficient (Wildman–Crippen LogP) is 2.47. The molecule has 0 amide bonds. The third-order valence-electron chi connectivity index (χ3n) is 2.41. The molecule has 17 heavy (non-hydrogen) atoms. The van der Waals surface area contributed by atoms with E-state index in [2.05, 4.69) is 9.97 Å². The zero-order valence-corrected chi connectivity index (χ0v) is 11.0. The third-order valence-corrected chi connectivity index (χ3v) is 4.63. The minimum Gasteiger partial charge on any atom is -0.220 e. The van der Waals surface area contributed by atoms with Crippen LogP contribution in [-0.4, -0.2) is 23.6 Å². The summed E-state index contributed by atoms with van der Waals surface area (Å²) < 4.78 is 23.9. The number of benzene rings is 1. The van der Waals surface area contributed by atoms with E-state index < -0.39 is 15.1 Å². The maximum Gasteiger partial charge on any atom is 0.249 e. The van der Waals surface area contributed by atoms with Crippen LogP contribution in [0, 0.1) is 0 Å². The van der Waals surface area contributed by atoms with Crippen LogP contribution < -0.4 is 0 Å². The van der Waals surface area contributed by atoms with E-state index in [-0.39, 0.29) is 10.3 Å². The Bertz CT molecular complexity index is 668. The molecule has 1 heterocycles. The van der Waals surface area contributed by atoms with Gasteiger partial charge in [0.15, 0.2) is 0 Å². The summed E-state index contributed by atoms with van der Waals surface area (Å²) >= 11 is 5.96. The van der Waals surface area contributed by atoms with E-state index in [1.165, 1.54) is 0 Å².